The van der Waals surface area contributed by atoms with Crippen LogP contribution in [0.2, 0.25) is 0 Å². The number of amidine groups is 1. The first-order chi connectivity index (χ1) is 8.49. The zero-order chi connectivity index (χ0) is 13.3. The number of benzene rings is 1. The topological polar surface area (TPSA) is 111 Å². The molecule has 1 aromatic carbocycles. The molecule has 7 nitrogen and oxygen atoms in total. The first kappa shape index (κ1) is 12.2. The summed E-state index contributed by atoms with van der Waals surface area (Å²) in [7, 11) is 0. The fraction of sp³-hybridized carbons (Fsp3) is 0. The van der Waals surface area contributed by atoms with E-state index in [0.29, 0.717) is 11.3 Å². The van der Waals surface area contributed by atoms with E-state index < -0.39 is 4.92 Å². The van der Waals surface area contributed by atoms with E-state index >= 15 is 0 Å². The minimum atomic E-state index is -0.533. The second-order valence-corrected chi connectivity index (χ2v) is 4.39. The Hall–Kier alpha value is -2.22. The monoisotopic (exact) mass is 309 g/mol. The predicted octanol–water partition coefficient (Wildman–Crippen LogP) is 1.83. The van der Waals surface area contributed by atoms with Crippen molar-refractivity contribution in [3.63, 3.8) is 0 Å². The summed E-state index contributed by atoms with van der Waals surface area (Å²) in [6.07, 6.45) is 2.42. The molecule has 0 saturated carbocycles. The molecule has 0 unspecified atom stereocenters. The lowest BCUT2D eigenvalue weighted by Crippen LogP contribution is -2.14. The molecule has 3 N–H and O–H groups in total. The van der Waals surface area contributed by atoms with Crippen LogP contribution in [0.15, 0.2) is 35.1 Å². The Labute approximate surface area is 110 Å². The van der Waals surface area contributed by atoms with Gasteiger partial charge >= 0.3 is 5.69 Å². The zero-order valence-corrected chi connectivity index (χ0v) is 10.6. The lowest BCUT2D eigenvalue weighted by Gasteiger charge is -2.08. The molecule has 8 heteroatoms. The molecule has 0 atom stereocenters. The van der Waals surface area contributed by atoms with Crippen LogP contribution in [0.4, 0.5) is 5.69 Å². The SMILES string of the molecule is N=C(N)c1ccc(Br)cc1-n1cc([N+](=O)[O-])cn1. The second kappa shape index (κ2) is 4.57. The summed E-state index contributed by atoms with van der Waals surface area (Å²) in [6, 6.07) is 5.07. The molecule has 1 heterocycles. The van der Waals surface area contributed by atoms with E-state index in [0.717, 1.165) is 10.7 Å². The highest BCUT2D eigenvalue weighted by Crippen LogP contribution is 2.21. The molecule has 1 aromatic heterocycles. The van der Waals surface area contributed by atoms with Crippen LogP contribution in [0.3, 0.4) is 0 Å². The molecule has 92 valence electrons. The number of nitrogen functional groups attached to an aromatic ring is 1. The number of nitrogens with two attached hydrogens (primary N) is 1. The molecular weight excluding hydrogens is 302 g/mol. The van der Waals surface area contributed by atoms with Crippen LogP contribution in [0, 0.1) is 15.5 Å². The van der Waals surface area contributed by atoms with Crippen molar-refractivity contribution in [2.24, 2.45) is 5.73 Å². The van der Waals surface area contributed by atoms with Gasteiger partial charge in [-0.05, 0) is 18.2 Å². The summed E-state index contributed by atoms with van der Waals surface area (Å²) in [5.74, 6) is -0.129. The number of halogens is 1. The van der Waals surface area contributed by atoms with Crippen molar-refractivity contribution in [1.82, 2.24) is 9.78 Å². The number of rotatable bonds is 3. The molecular formula is C10H8BrN5O2. The molecule has 0 bridgehead atoms. The number of hydrogen-bond donors (Lipinski definition) is 2. The molecule has 2 rings (SSSR count). The standard InChI is InChI=1S/C10H8BrN5O2/c11-6-1-2-8(10(12)13)9(3-6)15-5-7(4-14-15)16(17)18/h1-5H,(H3,12,13). The minimum absolute atomic E-state index is 0.121. The van der Waals surface area contributed by atoms with E-state index in [1.54, 1.807) is 18.2 Å². The molecule has 0 aliphatic carbocycles. The van der Waals surface area contributed by atoms with Gasteiger partial charge in [0.05, 0.1) is 10.6 Å². The first-order valence-electron chi connectivity index (χ1n) is 4.82. The molecule has 0 saturated heterocycles. The van der Waals surface area contributed by atoms with Gasteiger partial charge in [-0.15, -0.1) is 0 Å². The largest absolute Gasteiger partial charge is 0.384 e. The average Bonchev–Trinajstić information content (AvgIpc) is 2.77. The van der Waals surface area contributed by atoms with Gasteiger partial charge in [0, 0.05) is 10.0 Å². The Morgan fingerprint density at radius 1 is 1.56 bits per heavy atom. The van der Waals surface area contributed by atoms with Crippen molar-refractivity contribution in [3.8, 4) is 5.69 Å². The third kappa shape index (κ3) is 2.23. The summed E-state index contributed by atoms with van der Waals surface area (Å²) in [6.45, 7) is 0. The molecule has 0 radical (unpaired) electrons. The highest BCUT2D eigenvalue weighted by atomic mass is 79.9. The highest BCUT2D eigenvalue weighted by Gasteiger charge is 2.13. The third-order valence-corrected chi connectivity index (χ3v) is 2.77. The summed E-state index contributed by atoms with van der Waals surface area (Å²) < 4.78 is 2.08. The second-order valence-electron chi connectivity index (χ2n) is 3.48. The highest BCUT2D eigenvalue weighted by molar-refractivity contribution is 9.10. The van der Waals surface area contributed by atoms with Crippen LogP contribution in [0.25, 0.3) is 5.69 Å². The maximum absolute atomic E-state index is 10.6. The van der Waals surface area contributed by atoms with Gasteiger partial charge in [-0.3, -0.25) is 15.5 Å². The fourth-order valence-corrected chi connectivity index (χ4v) is 1.81. The van der Waals surface area contributed by atoms with Gasteiger partial charge in [0.2, 0.25) is 0 Å². The normalized spacial score (nSPS) is 10.3. The predicted molar refractivity (Wildman–Crippen MR) is 68.9 cm³/mol. The quantitative estimate of drug-likeness (QED) is 0.390. The molecule has 0 aliphatic rings. The van der Waals surface area contributed by atoms with Gasteiger partial charge < -0.3 is 5.73 Å². The molecule has 2 aromatic rings. The Kier molecular flexibility index (Phi) is 3.11. The van der Waals surface area contributed by atoms with Crippen molar-refractivity contribution in [2.45, 2.75) is 0 Å². The lowest BCUT2D eigenvalue weighted by molar-refractivity contribution is -0.384. The van der Waals surface area contributed by atoms with Gasteiger partial charge in [0.15, 0.2) is 0 Å². The number of nitrogens with one attached hydrogen (secondary N) is 1. The Morgan fingerprint density at radius 3 is 2.83 bits per heavy atom. The maximum atomic E-state index is 10.6. The molecule has 18 heavy (non-hydrogen) atoms. The van der Waals surface area contributed by atoms with Crippen LogP contribution in [-0.2, 0) is 0 Å². The fourth-order valence-electron chi connectivity index (χ4n) is 1.46. The Balaban J connectivity index is 2.57. The van der Waals surface area contributed by atoms with Crippen LogP contribution >= 0.6 is 15.9 Å². The summed E-state index contributed by atoms with van der Waals surface area (Å²) in [5.41, 5.74) is 6.30. The number of aromatic nitrogens is 2. The Bertz CT molecular complexity index is 637. The smallest absolute Gasteiger partial charge is 0.307 e. The van der Waals surface area contributed by atoms with Gasteiger partial charge in [0.25, 0.3) is 0 Å². The zero-order valence-electron chi connectivity index (χ0n) is 9.00. The lowest BCUT2D eigenvalue weighted by atomic mass is 10.1. The number of hydrogen-bond acceptors (Lipinski definition) is 4. The van der Waals surface area contributed by atoms with Gasteiger partial charge in [-0.2, -0.15) is 5.10 Å². The Morgan fingerprint density at radius 2 is 2.28 bits per heavy atom. The summed E-state index contributed by atoms with van der Waals surface area (Å²) in [5, 5.41) is 22.0. The number of nitro groups is 1. The van der Waals surface area contributed by atoms with Crippen molar-refractivity contribution in [3.05, 3.63) is 50.7 Å². The van der Waals surface area contributed by atoms with Crippen LogP contribution in [-0.4, -0.2) is 20.5 Å². The van der Waals surface area contributed by atoms with Gasteiger partial charge in [0.1, 0.15) is 18.2 Å². The van der Waals surface area contributed by atoms with E-state index in [4.69, 9.17) is 11.1 Å². The van der Waals surface area contributed by atoms with Crippen LogP contribution < -0.4 is 5.73 Å². The summed E-state index contributed by atoms with van der Waals surface area (Å²) in [4.78, 5) is 10.1. The maximum Gasteiger partial charge on any atom is 0.307 e. The van der Waals surface area contributed by atoms with E-state index in [9.17, 15) is 10.1 Å². The number of nitrogens with zero attached hydrogens (tertiary/aromatic N) is 3. The van der Waals surface area contributed by atoms with Gasteiger partial charge in [-0.1, -0.05) is 15.9 Å². The van der Waals surface area contributed by atoms with E-state index in [-0.39, 0.29) is 11.5 Å². The van der Waals surface area contributed by atoms with Crippen molar-refractivity contribution >= 4 is 27.5 Å². The van der Waals surface area contributed by atoms with Crippen molar-refractivity contribution < 1.29 is 4.92 Å². The van der Waals surface area contributed by atoms with E-state index in [1.165, 1.54) is 10.9 Å². The molecule has 0 amide bonds. The molecule has 0 aliphatic heterocycles. The van der Waals surface area contributed by atoms with Gasteiger partial charge in [-0.25, -0.2) is 4.68 Å². The van der Waals surface area contributed by atoms with E-state index in [2.05, 4.69) is 21.0 Å². The van der Waals surface area contributed by atoms with Crippen molar-refractivity contribution in [1.29, 1.82) is 5.41 Å². The van der Waals surface area contributed by atoms with Crippen LogP contribution in [0.5, 0.6) is 0 Å². The van der Waals surface area contributed by atoms with Crippen LogP contribution in [0.1, 0.15) is 5.56 Å². The molecule has 0 spiro atoms. The third-order valence-electron chi connectivity index (χ3n) is 2.28. The summed E-state index contributed by atoms with van der Waals surface area (Å²) >= 11 is 3.29. The van der Waals surface area contributed by atoms with E-state index in [1.807, 2.05) is 0 Å². The van der Waals surface area contributed by atoms with Crippen molar-refractivity contribution in [2.75, 3.05) is 0 Å². The minimum Gasteiger partial charge on any atom is -0.384 e. The molecule has 0 fully saturated rings. The first-order valence-corrected chi connectivity index (χ1v) is 5.61. The average molecular weight is 310 g/mol.